The number of rotatable bonds is 4. The Balaban J connectivity index is 2.29. The molecule has 1 aromatic rings. The second-order valence-corrected chi connectivity index (χ2v) is 5.33. The lowest BCUT2D eigenvalue weighted by atomic mass is 10.1. The van der Waals surface area contributed by atoms with Crippen molar-refractivity contribution in [2.75, 3.05) is 17.3 Å². The SMILES string of the molecule is Cc1c(NN)nc(C(C)C)nc1NC1CCCNC1=O. The zero-order chi connectivity index (χ0) is 14.7. The summed E-state index contributed by atoms with van der Waals surface area (Å²) in [5, 5.41) is 6.06. The Morgan fingerprint density at radius 1 is 1.35 bits per heavy atom. The fourth-order valence-corrected chi connectivity index (χ4v) is 2.15. The molecule has 0 aromatic carbocycles. The molecule has 1 unspecified atom stereocenters. The molecular weight excluding hydrogens is 256 g/mol. The first-order valence-electron chi connectivity index (χ1n) is 6.92. The lowest BCUT2D eigenvalue weighted by molar-refractivity contribution is -0.123. The molecule has 2 heterocycles. The number of nitrogen functional groups attached to an aromatic ring is 1. The average Bonchev–Trinajstić information content (AvgIpc) is 2.43. The molecule has 5 N–H and O–H groups in total. The van der Waals surface area contributed by atoms with Gasteiger partial charge >= 0.3 is 0 Å². The van der Waals surface area contributed by atoms with Crippen molar-refractivity contribution in [2.45, 2.75) is 45.6 Å². The van der Waals surface area contributed by atoms with Gasteiger partial charge in [0.05, 0.1) is 0 Å². The van der Waals surface area contributed by atoms with Gasteiger partial charge in [0.2, 0.25) is 5.91 Å². The molecule has 1 atom stereocenters. The summed E-state index contributed by atoms with van der Waals surface area (Å²) in [7, 11) is 0. The van der Waals surface area contributed by atoms with Gasteiger partial charge < -0.3 is 16.1 Å². The number of aromatic nitrogens is 2. The zero-order valence-corrected chi connectivity index (χ0v) is 12.2. The summed E-state index contributed by atoms with van der Waals surface area (Å²) in [6.07, 6.45) is 1.77. The van der Waals surface area contributed by atoms with E-state index in [-0.39, 0.29) is 17.9 Å². The van der Waals surface area contributed by atoms with E-state index in [1.54, 1.807) is 0 Å². The number of carbonyl (C=O) groups is 1. The number of amides is 1. The van der Waals surface area contributed by atoms with Crippen molar-refractivity contribution in [2.24, 2.45) is 5.84 Å². The van der Waals surface area contributed by atoms with Crippen molar-refractivity contribution in [3.05, 3.63) is 11.4 Å². The van der Waals surface area contributed by atoms with Gasteiger partial charge in [-0.2, -0.15) is 0 Å². The average molecular weight is 278 g/mol. The van der Waals surface area contributed by atoms with Crippen molar-refractivity contribution >= 4 is 17.5 Å². The van der Waals surface area contributed by atoms with Gasteiger partial charge in [0.25, 0.3) is 0 Å². The second-order valence-electron chi connectivity index (χ2n) is 5.33. The molecule has 1 amide bonds. The molecule has 7 nitrogen and oxygen atoms in total. The molecule has 0 aliphatic carbocycles. The predicted octanol–water partition coefficient (Wildman–Crippen LogP) is 0.885. The summed E-state index contributed by atoms with van der Waals surface area (Å²) in [5.41, 5.74) is 3.40. The smallest absolute Gasteiger partial charge is 0.242 e. The maximum atomic E-state index is 11.8. The summed E-state index contributed by atoms with van der Waals surface area (Å²) in [4.78, 5) is 20.7. The normalized spacial score (nSPS) is 18.9. The second kappa shape index (κ2) is 6.04. The summed E-state index contributed by atoms with van der Waals surface area (Å²) < 4.78 is 0. The van der Waals surface area contributed by atoms with Gasteiger partial charge in [-0.3, -0.25) is 4.79 Å². The molecule has 110 valence electrons. The van der Waals surface area contributed by atoms with Crippen LogP contribution in [0, 0.1) is 6.92 Å². The topological polar surface area (TPSA) is 105 Å². The van der Waals surface area contributed by atoms with Crippen molar-refractivity contribution < 1.29 is 4.79 Å². The standard InChI is InChI=1S/C13H22N6O/c1-7(2)10-17-11(8(3)12(18-10)19-14)16-9-5-4-6-15-13(9)20/h7,9H,4-6,14H2,1-3H3,(H,15,20)(H2,16,17,18,19). The van der Waals surface area contributed by atoms with Crippen LogP contribution in [0.1, 0.15) is 44.0 Å². The highest BCUT2D eigenvalue weighted by molar-refractivity contribution is 5.85. The molecule has 7 heteroatoms. The molecule has 0 saturated carbocycles. The van der Waals surface area contributed by atoms with Crippen LogP contribution >= 0.6 is 0 Å². The molecule has 1 aromatic heterocycles. The van der Waals surface area contributed by atoms with Gasteiger partial charge in [0, 0.05) is 18.0 Å². The highest BCUT2D eigenvalue weighted by Crippen LogP contribution is 2.24. The summed E-state index contributed by atoms with van der Waals surface area (Å²) in [5.74, 6) is 7.65. The van der Waals surface area contributed by atoms with E-state index in [4.69, 9.17) is 5.84 Å². The molecule has 1 fully saturated rings. The van der Waals surface area contributed by atoms with E-state index in [9.17, 15) is 4.79 Å². The van der Waals surface area contributed by atoms with Crippen LogP contribution in [-0.4, -0.2) is 28.5 Å². The minimum absolute atomic E-state index is 0.0163. The number of carbonyl (C=O) groups excluding carboxylic acids is 1. The largest absolute Gasteiger partial charge is 0.358 e. The van der Waals surface area contributed by atoms with E-state index in [0.717, 1.165) is 24.9 Å². The number of hydrogen-bond donors (Lipinski definition) is 4. The van der Waals surface area contributed by atoms with Crippen LogP contribution in [-0.2, 0) is 4.79 Å². The molecule has 1 aliphatic heterocycles. The highest BCUT2D eigenvalue weighted by Gasteiger charge is 2.23. The van der Waals surface area contributed by atoms with E-state index in [0.29, 0.717) is 17.5 Å². The minimum atomic E-state index is -0.247. The fourth-order valence-electron chi connectivity index (χ4n) is 2.15. The first kappa shape index (κ1) is 14.5. The summed E-state index contributed by atoms with van der Waals surface area (Å²) in [6, 6.07) is -0.247. The van der Waals surface area contributed by atoms with Crippen LogP contribution in [0.2, 0.25) is 0 Å². The van der Waals surface area contributed by atoms with E-state index >= 15 is 0 Å². The van der Waals surface area contributed by atoms with E-state index in [1.807, 2.05) is 20.8 Å². The van der Waals surface area contributed by atoms with E-state index in [2.05, 4.69) is 26.0 Å². The minimum Gasteiger partial charge on any atom is -0.358 e. The van der Waals surface area contributed by atoms with Gasteiger partial charge in [-0.15, -0.1) is 0 Å². The maximum absolute atomic E-state index is 11.8. The molecule has 20 heavy (non-hydrogen) atoms. The van der Waals surface area contributed by atoms with Crippen LogP contribution in [0.4, 0.5) is 11.6 Å². The van der Waals surface area contributed by atoms with E-state index in [1.165, 1.54) is 0 Å². The zero-order valence-electron chi connectivity index (χ0n) is 12.2. The Morgan fingerprint density at radius 2 is 2.05 bits per heavy atom. The number of nitrogens with two attached hydrogens (primary N) is 1. The Kier molecular flexibility index (Phi) is 4.39. The third kappa shape index (κ3) is 2.98. The first-order valence-corrected chi connectivity index (χ1v) is 6.92. The van der Waals surface area contributed by atoms with Crippen molar-refractivity contribution in [3.63, 3.8) is 0 Å². The number of hydrogen-bond acceptors (Lipinski definition) is 6. The molecule has 1 aliphatic rings. The van der Waals surface area contributed by atoms with Gasteiger partial charge in [0.1, 0.15) is 23.5 Å². The summed E-state index contributed by atoms with van der Waals surface area (Å²) >= 11 is 0. The van der Waals surface area contributed by atoms with Gasteiger partial charge in [0.15, 0.2) is 0 Å². The van der Waals surface area contributed by atoms with Crippen LogP contribution in [0.15, 0.2) is 0 Å². The van der Waals surface area contributed by atoms with Crippen LogP contribution in [0.3, 0.4) is 0 Å². The van der Waals surface area contributed by atoms with Crippen molar-refractivity contribution in [3.8, 4) is 0 Å². The van der Waals surface area contributed by atoms with Crippen LogP contribution < -0.4 is 21.9 Å². The third-order valence-electron chi connectivity index (χ3n) is 3.41. The summed E-state index contributed by atoms with van der Waals surface area (Å²) in [6.45, 7) is 6.65. The van der Waals surface area contributed by atoms with Gasteiger partial charge in [-0.05, 0) is 19.8 Å². The third-order valence-corrected chi connectivity index (χ3v) is 3.41. The molecule has 1 saturated heterocycles. The number of anilines is 2. The first-order chi connectivity index (χ1) is 9.52. The lowest BCUT2D eigenvalue weighted by Gasteiger charge is -2.24. The Bertz CT molecular complexity index is 502. The van der Waals surface area contributed by atoms with Gasteiger partial charge in [-0.1, -0.05) is 13.8 Å². The molecule has 0 spiro atoms. The Hall–Kier alpha value is -1.89. The Labute approximate surface area is 118 Å². The highest BCUT2D eigenvalue weighted by atomic mass is 16.2. The molecule has 0 radical (unpaired) electrons. The van der Waals surface area contributed by atoms with E-state index < -0.39 is 0 Å². The molecule has 2 rings (SSSR count). The van der Waals surface area contributed by atoms with Crippen molar-refractivity contribution in [1.82, 2.24) is 15.3 Å². The maximum Gasteiger partial charge on any atom is 0.242 e. The molecular formula is C13H22N6O. The quantitative estimate of drug-likeness (QED) is 0.481. The molecule has 0 bridgehead atoms. The number of nitrogens with one attached hydrogen (secondary N) is 3. The van der Waals surface area contributed by atoms with Crippen molar-refractivity contribution in [1.29, 1.82) is 0 Å². The van der Waals surface area contributed by atoms with Crippen LogP contribution in [0.25, 0.3) is 0 Å². The predicted molar refractivity (Wildman–Crippen MR) is 78.3 cm³/mol. The fraction of sp³-hybridized carbons (Fsp3) is 0.615. The van der Waals surface area contributed by atoms with Crippen LogP contribution in [0.5, 0.6) is 0 Å². The number of nitrogens with zero attached hydrogens (tertiary/aromatic N) is 2. The lowest BCUT2D eigenvalue weighted by Crippen LogP contribution is -2.44. The monoisotopic (exact) mass is 278 g/mol. The Morgan fingerprint density at radius 3 is 2.65 bits per heavy atom. The number of hydrazine groups is 1. The number of piperidine rings is 1. The van der Waals surface area contributed by atoms with Gasteiger partial charge in [-0.25, -0.2) is 15.8 Å².